The van der Waals surface area contributed by atoms with Gasteiger partial charge >= 0.3 is 0 Å². The maximum Gasteiger partial charge on any atom is 0.232 e. The number of nitrogens with zero attached hydrogens (tertiary/aromatic N) is 5. The lowest BCUT2D eigenvalue weighted by atomic mass is 9.94. The van der Waals surface area contributed by atoms with Gasteiger partial charge in [0.15, 0.2) is 0 Å². The number of tetrazole rings is 1. The van der Waals surface area contributed by atoms with Gasteiger partial charge in [-0.15, -0.1) is 10.2 Å². The van der Waals surface area contributed by atoms with Crippen LogP contribution in [0, 0.1) is 6.92 Å². The second kappa shape index (κ2) is 8.24. The highest BCUT2D eigenvalue weighted by molar-refractivity contribution is 5.81. The molecule has 0 radical (unpaired) electrons. The zero-order chi connectivity index (χ0) is 22.1. The van der Waals surface area contributed by atoms with Crippen LogP contribution in [0.4, 0.5) is 0 Å². The van der Waals surface area contributed by atoms with E-state index in [2.05, 4.69) is 25.6 Å². The first-order chi connectivity index (χ1) is 15.7. The minimum atomic E-state index is -0.891. The first kappa shape index (κ1) is 19.9. The molecule has 2 N–H and O–H groups in total. The molecule has 0 aliphatic rings. The number of H-pyrrole nitrogens is 1. The smallest absolute Gasteiger partial charge is 0.232 e. The van der Waals surface area contributed by atoms with E-state index in [0.717, 1.165) is 27.9 Å². The van der Waals surface area contributed by atoms with Crippen LogP contribution in [0.25, 0.3) is 28.2 Å². The number of aromatic amines is 1. The number of benzene rings is 2. The van der Waals surface area contributed by atoms with Crippen molar-refractivity contribution >= 4 is 5.65 Å². The Labute approximate surface area is 184 Å². The number of imidazole rings is 1. The standard InChI is InChI=1S/C24H22N6O2/c1-3-32-21-14-30-20(12-9-15(2)24(30)25-21)22(31)17-10-11-18(16-7-5-4-6-8-16)19(13-17)23-26-28-29-27-23/h4-14,22,31H,3H2,1-2H3,(H,26,27,28,29). The van der Waals surface area contributed by atoms with Crippen molar-refractivity contribution in [2.24, 2.45) is 0 Å². The normalized spacial score (nSPS) is 12.2. The third-order valence-corrected chi connectivity index (χ3v) is 5.42. The van der Waals surface area contributed by atoms with Crippen molar-refractivity contribution in [1.82, 2.24) is 30.0 Å². The Bertz CT molecular complexity index is 1360. The topological polar surface area (TPSA) is 101 Å². The summed E-state index contributed by atoms with van der Waals surface area (Å²) in [6, 6.07) is 19.7. The average Bonchev–Trinajstić information content (AvgIpc) is 3.50. The third kappa shape index (κ3) is 3.50. The van der Waals surface area contributed by atoms with Crippen molar-refractivity contribution in [2.75, 3.05) is 6.61 Å². The van der Waals surface area contributed by atoms with E-state index in [4.69, 9.17) is 4.74 Å². The fraction of sp³-hybridized carbons (Fsp3) is 0.167. The quantitative estimate of drug-likeness (QED) is 0.426. The summed E-state index contributed by atoms with van der Waals surface area (Å²) in [4.78, 5) is 4.55. The molecule has 0 aliphatic carbocycles. The summed E-state index contributed by atoms with van der Waals surface area (Å²) < 4.78 is 7.46. The molecule has 32 heavy (non-hydrogen) atoms. The number of rotatable bonds is 6. The molecule has 3 aromatic heterocycles. The van der Waals surface area contributed by atoms with Gasteiger partial charge in [-0.3, -0.25) is 4.40 Å². The lowest BCUT2D eigenvalue weighted by Gasteiger charge is -2.16. The van der Waals surface area contributed by atoms with Crippen molar-refractivity contribution in [1.29, 1.82) is 0 Å². The SMILES string of the molecule is CCOc1cn2c(C(O)c3ccc(-c4ccccc4)c(-c4nn[nH]n4)c3)ccc(C)c2n1. The van der Waals surface area contributed by atoms with E-state index in [1.54, 1.807) is 0 Å². The van der Waals surface area contributed by atoms with E-state index < -0.39 is 6.10 Å². The summed E-state index contributed by atoms with van der Waals surface area (Å²) in [5.74, 6) is 0.996. The first-order valence-corrected chi connectivity index (χ1v) is 10.4. The van der Waals surface area contributed by atoms with Crippen molar-refractivity contribution in [3.63, 3.8) is 0 Å². The molecular formula is C24H22N6O2. The molecule has 1 unspecified atom stereocenters. The van der Waals surface area contributed by atoms with Crippen molar-refractivity contribution < 1.29 is 9.84 Å². The van der Waals surface area contributed by atoms with Crippen LogP contribution in [0.15, 0.2) is 66.9 Å². The van der Waals surface area contributed by atoms with E-state index in [1.807, 2.05) is 85.1 Å². The van der Waals surface area contributed by atoms with Gasteiger partial charge in [-0.2, -0.15) is 10.2 Å². The minimum Gasteiger partial charge on any atom is -0.477 e. The molecule has 0 spiro atoms. The zero-order valence-electron chi connectivity index (χ0n) is 17.7. The number of fused-ring (bicyclic) bond motifs is 1. The van der Waals surface area contributed by atoms with Gasteiger partial charge in [0.25, 0.3) is 0 Å². The minimum absolute atomic E-state index is 0.466. The fourth-order valence-corrected chi connectivity index (χ4v) is 3.87. The maximum atomic E-state index is 11.3. The number of aryl methyl sites for hydroxylation is 1. The van der Waals surface area contributed by atoms with Crippen LogP contribution < -0.4 is 4.74 Å². The maximum absolute atomic E-state index is 11.3. The number of aromatic nitrogens is 6. The number of nitrogens with one attached hydrogen (secondary N) is 1. The molecule has 0 bridgehead atoms. The van der Waals surface area contributed by atoms with Gasteiger partial charge in [0.1, 0.15) is 11.8 Å². The Morgan fingerprint density at radius 3 is 2.66 bits per heavy atom. The highest BCUT2D eigenvalue weighted by Gasteiger charge is 2.20. The average molecular weight is 426 g/mol. The van der Waals surface area contributed by atoms with E-state index in [0.29, 0.717) is 29.6 Å². The van der Waals surface area contributed by atoms with Crippen LogP contribution in [0.5, 0.6) is 5.88 Å². The summed E-state index contributed by atoms with van der Waals surface area (Å²) in [5, 5.41) is 25.9. The molecule has 1 atom stereocenters. The van der Waals surface area contributed by atoms with E-state index >= 15 is 0 Å². The van der Waals surface area contributed by atoms with Crippen molar-refractivity contribution in [3.8, 4) is 28.4 Å². The van der Waals surface area contributed by atoms with E-state index in [9.17, 15) is 5.11 Å². The molecule has 2 aromatic carbocycles. The number of aliphatic hydroxyl groups is 1. The Kier molecular flexibility index (Phi) is 5.12. The number of aliphatic hydroxyl groups excluding tert-OH is 1. The number of hydrogen-bond acceptors (Lipinski definition) is 6. The summed E-state index contributed by atoms with van der Waals surface area (Å²) in [6.45, 7) is 4.42. The van der Waals surface area contributed by atoms with Crippen molar-refractivity contribution in [3.05, 3.63) is 83.7 Å². The highest BCUT2D eigenvalue weighted by atomic mass is 16.5. The molecule has 0 aliphatic heterocycles. The van der Waals surface area contributed by atoms with E-state index in [1.165, 1.54) is 0 Å². The molecule has 8 nitrogen and oxygen atoms in total. The Morgan fingerprint density at radius 1 is 1.06 bits per heavy atom. The third-order valence-electron chi connectivity index (χ3n) is 5.42. The molecule has 0 saturated carbocycles. The van der Waals surface area contributed by atoms with Crippen LogP contribution >= 0.6 is 0 Å². The van der Waals surface area contributed by atoms with Crippen LogP contribution in [0.1, 0.15) is 29.8 Å². The summed E-state index contributed by atoms with van der Waals surface area (Å²) in [7, 11) is 0. The van der Waals surface area contributed by atoms with Gasteiger partial charge < -0.3 is 9.84 Å². The molecule has 0 saturated heterocycles. The number of hydrogen-bond donors (Lipinski definition) is 2. The fourth-order valence-electron chi connectivity index (χ4n) is 3.87. The lowest BCUT2D eigenvalue weighted by Crippen LogP contribution is -2.07. The first-order valence-electron chi connectivity index (χ1n) is 10.4. The number of pyridine rings is 1. The molecule has 3 heterocycles. The van der Waals surface area contributed by atoms with Gasteiger partial charge in [-0.25, -0.2) is 0 Å². The van der Waals surface area contributed by atoms with Crippen LogP contribution in [0.2, 0.25) is 0 Å². The summed E-state index contributed by atoms with van der Waals surface area (Å²) in [6.07, 6.45) is 0.917. The lowest BCUT2D eigenvalue weighted by molar-refractivity contribution is 0.214. The van der Waals surface area contributed by atoms with Crippen molar-refractivity contribution in [2.45, 2.75) is 20.0 Å². The van der Waals surface area contributed by atoms with Gasteiger partial charge in [0, 0.05) is 5.56 Å². The Hall–Kier alpha value is -4.04. The summed E-state index contributed by atoms with van der Waals surface area (Å²) in [5.41, 5.74) is 5.92. The van der Waals surface area contributed by atoms with Crippen LogP contribution in [-0.2, 0) is 0 Å². The van der Waals surface area contributed by atoms with Gasteiger partial charge in [-0.1, -0.05) is 48.5 Å². The number of ether oxygens (including phenoxy) is 1. The molecule has 160 valence electrons. The molecule has 5 aromatic rings. The molecule has 8 heteroatoms. The predicted molar refractivity (Wildman–Crippen MR) is 120 cm³/mol. The summed E-state index contributed by atoms with van der Waals surface area (Å²) >= 11 is 0. The van der Waals surface area contributed by atoms with Crippen LogP contribution in [-0.4, -0.2) is 41.7 Å². The molecule has 0 fully saturated rings. The molecule has 0 amide bonds. The second-order valence-corrected chi connectivity index (χ2v) is 7.46. The largest absolute Gasteiger partial charge is 0.477 e. The Balaban J connectivity index is 1.63. The van der Waals surface area contributed by atoms with Gasteiger partial charge in [-0.05, 0) is 53.4 Å². The zero-order valence-corrected chi connectivity index (χ0v) is 17.7. The Morgan fingerprint density at radius 2 is 1.91 bits per heavy atom. The molecule has 5 rings (SSSR count). The van der Waals surface area contributed by atoms with Crippen LogP contribution in [0.3, 0.4) is 0 Å². The van der Waals surface area contributed by atoms with E-state index in [-0.39, 0.29) is 0 Å². The predicted octanol–water partition coefficient (Wildman–Crippen LogP) is 3.97. The second-order valence-electron chi connectivity index (χ2n) is 7.46. The van der Waals surface area contributed by atoms with Gasteiger partial charge in [0.2, 0.25) is 11.7 Å². The molecular weight excluding hydrogens is 404 g/mol. The van der Waals surface area contributed by atoms with Gasteiger partial charge in [0.05, 0.1) is 18.5 Å². The highest BCUT2D eigenvalue weighted by Crippen LogP contribution is 2.34. The monoisotopic (exact) mass is 426 g/mol.